The van der Waals surface area contributed by atoms with Gasteiger partial charge in [0, 0.05) is 29.7 Å². The van der Waals surface area contributed by atoms with Gasteiger partial charge in [-0.3, -0.25) is 0 Å². The van der Waals surface area contributed by atoms with E-state index in [1.807, 2.05) is 24.3 Å². The van der Waals surface area contributed by atoms with E-state index in [1.54, 1.807) is 0 Å². The molecule has 2 heterocycles. The number of carboxylic acid groups (broad SMARTS) is 2. The van der Waals surface area contributed by atoms with Crippen LogP contribution in [0.2, 0.25) is 0 Å². The molecule has 2 unspecified atom stereocenters. The number of para-hydroxylation sites is 1. The fourth-order valence-corrected chi connectivity index (χ4v) is 3.35. The molecule has 1 aliphatic rings. The average molecular weight is 425 g/mol. The minimum absolute atomic E-state index is 0.888. The van der Waals surface area contributed by atoms with Crippen LogP contribution in [0.15, 0.2) is 54.6 Å². The molecule has 31 heavy (non-hydrogen) atoms. The molecule has 0 amide bonds. The summed E-state index contributed by atoms with van der Waals surface area (Å²) in [6, 6.07) is 18.6. The molecule has 9 heteroatoms. The van der Waals surface area contributed by atoms with Crippen molar-refractivity contribution in [2.45, 2.75) is 25.2 Å². The number of rotatable bonds is 5. The van der Waals surface area contributed by atoms with Crippen molar-refractivity contribution in [1.29, 1.82) is 0 Å². The second-order valence-electron chi connectivity index (χ2n) is 7.07. The first-order valence-corrected chi connectivity index (χ1v) is 9.57. The zero-order valence-electron chi connectivity index (χ0n) is 16.5. The summed E-state index contributed by atoms with van der Waals surface area (Å²) in [6.07, 6.45) is -3.55. The van der Waals surface area contributed by atoms with Gasteiger partial charge < -0.3 is 31.1 Å². The van der Waals surface area contributed by atoms with Crippen molar-refractivity contribution in [3.8, 4) is 0 Å². The van der Waals surface area contributed by atoms with Crippen LogP contribution in [-0.4, -0.2) is 56.1 Å². The molecule has 1 aromatic heterocycles. The number of nitrogens with zero attached hydrogens (tertiary/aromatic N) is 2. The number of nitrogen functional groups attached to an aromatic ring is 1. The minimum atomic E-state index is -2.27. The Morgan fingerprint density at radius 3 is 2.16 bits per heavy atom. The molecule has 0 fully saturated rings. The molecule has 1 aliphatic heterocycles. The number of anilines is 2. The van der Waals surface area contributed by atoms with E-state index in [2.05, 4.69) is 35.2 Å². The number of aliphatic carboxylic acids is 2. The van der Waals surface area contributed by atoms with E-state index in [0.29, 0.717) is 0 Å². The van der Waals surface area contributed by atoms with E-state index in [9.17, 15) is 9.59 Å². The van der Waals surface area contributed by atoms with Crippen molar-refractivity contribution in [3.05, 3.63) is 65.7 Å². The Morgan fingerprint density at radius 1 is 0.968 bits per heavy atom. The summed E-state index contributed by atoms with van der Waals surface area (Å²) in [5.41, 5.74) is 10.7. The largest absolute Gasteiger partial charge is 0.479 e. The number of hydrogen-bond donors (Lipinski definition) is 5. The zero-order chi connectivity index (χ0) is 22.5. The van der Waals surface area contributed by atoms with Crippen LogP contribution in [0.3, 0.4) is 0 Å². The Morgan fingerprint density at radius 2 is 1.55 bits per heavy atom. The number of carboxylic acids is 2. The third-order valence-corrected chi connectivity index (χ3v) is 4.97. The maximum Gasteiger partial charge on any atom is 0.335 e. The first kappa shape index (κ1) is 22.0. The lowest BCUT2D eigenvalue weighted by molar-refractivity contribution is -0.165. The van der Waals surface area contributed by atoms with Gasteiger partial charge in [0.15, 0.2) is 12.2 Å². The van der Waals surface area contributed by atoms with Crippen LogP contribution in [0.4, 0.5) is 11.5 Å². The SMILES string of the molecule is Nc1c2c(nc3ccccc13)N(Cc1ccccc1)CC2.O=C(O)C(O)C(O)C(=O)O. The first-order valence-electron chi connectivity index (χ1n) is 9.57. The van der Waals surface area contributed by atoms with Gasteiger partial charge in [0.25, 0.3) is 0 Å². The highest BCUT2D eigenvalue weighted by molar-refractivity contribution is 5.95. The Bertz CT molecular complexity index is 1070. The molecule has 2 aromatic carbocycles. The molecule has 0 saturated carbocycles. The lowest BCUT2D eigenvalue weighted by Gasteiger charge is -2.19. The summed E-state index contributed by atoms with van der Waals surface area (Å²) in [5, 5.41) is 33.6. The van der Waals surface area contributed by atoms with Crippen LogP contribution >= 0.6 is 0 Å². The summed E-state index contributed by atoms with van der Waals surface area (Å²) in [6.45, 7) is 1.87. The third kappa shape index (κ3) is 4.90. The Labute approximate surface area is 178 Å². The highest BCUT2D eigenvalue weighted by Gasteiger charge is 2.29. The molecule has 0 saturated heterocycles. The molecule has 3 aromatic rings. The number of nitrogens with two attached hydrogens (primary N) is 1. The van der Waals surface area contributed by atoms with Crippen LogP contribution in [0.25, 0.3) is 10.9 Å². The molecule has 162 valence electrons. The average Bonchev–Trinajstić information content (AvgIpc) is 3.16. The monoisotopic (exact) mass is 425 g/mol. The quantitative estimate of drug-likeness (QED) is 0.406. The number of aliphatic hydroxyl groups is 2. The molecular formula is C22H23N3O6. The molecule has 0 radical (unpaired) electrons. The van der Waals surface area contributed by atoms with Gasteiger partial charge in [-0.05, 0) is 18.1 Å². The van der Waals surface area contributed by atoms with Gasteiger partial charge in [-0.15, -0.1) is 0 Å². The van der Waals surface area contributed by atoms with E-state index in [1.165, 1.54) is 11.1 Å². The van der Waals surface area contributed by atoms with Gasteiger partial charge in [0.2, 0.25) is 0 Å². The smallest absolute Gasteiger partial charge is 0.335 e. The number of pyridine rings is 1. The van der Waals surface area contributed by atoms with Gasteiger partial charge in [0.05, 0.1) is 5.52 Å². The van der Waals surface area contributed by atoms with Crippen LogP contribution in [0.1, 0.15) is 11.1 Å². The molecule has 0 bridgehead atoms. The van der Waals surface area contributed by atoms with Crippen LogP contribution in [0.5, 0.6) is 0 Å². The van der Waals surface area contributed by atoms with Crippen molar-refractivity contribution >= 4 is 34.3 Å². The predicted octanol–water partition coefficient (Wildman–Crippen LogP) is 1.26. The highest BCUT2D eigenvalue weighted by atomic mass is 16.4. The summed E-state index contributed by atoms with van der Waals surface area (Å²) >= 11 is 0. The number of benzene rings is 2. The summed E-state index contributed by atoms with van der Waals surface area (Å²) in [5.74, 6) is -2.49. The molecule has 2 atom stereocenters. The van der Waals surface area contributed by atoms with E-state index in [-0.39, 0.29) is 0 Å². The topological polar surface area (TPSA) is 157 Å². The van der Waals surface area contributed by atoms with Crippen LogP contribution < -0.4 is 10.6 Å². The number of aromatic nitrogens is 1. The number of carbonyl (C=O) groups is 2. The van der Waals surface area contributed by atoms with Crippen LogP contribution in [0, 0.1) is 0 Å². The van der Waals surface area contributed by atoms with Gasteiger partial charge in [-0.1, -0.05) is 48.5 Å². The summed E-state index contributed by atoms with van der Waals surface area (Å²) in [4.78, 5) is 26.7. The van der Waals surface area contributed by atoms with Gasteiger partial charge in [-0.2, -0.15) is 0 Å². The lowest BCUT2D eigenvalue weighted by atomic mass is 10.1. The molecular weight excluding hydrogens is 402 g/mol. The number of hydrogen-bond acceptors (Lipinski definition) is 7. The molecule has 6 N–H and O–H groups in total. The second kappa shape index (κ2) is 9.41. The first-order chi connectivity index (χ1) is 14.8. The fourth-order valence-electron chi connectivity index (χ4n) is 3.35. The fraction of sp³-hybridized carbons (Fsp3) is 0.227. The number of aliphatic hydroxyl groups excluding tert-OH is 2. The normalized spacial score (nSPS) is 14.3. The molecule has 0 spiro atoms. The van der Waals surface area contributed by atoms with Gasteiger partial charge in [-0.25, -0.2) is 14.6 Å². The maximum absolute atomic E-state index is 9.77. The predicted molar refractivity (Wildman–Crippen MR) is 115 cm³/mol. The van der Waals surface area contributed by atoms with Crippen LogP contribution in [-0.2, 0) is 22.6 Å². The van der Waals surface area contributed by atoms with Crippen molar-refractivity contribution in [2.75, 3.05) is 17.2 Å². The van der Waals surface area contributed by atoms with Crippen molar-refractivity contribution in [2.24, 2.45) is 0 Å². The van der Waals surface area contributed by atoms with E-state index in [4.69, 9.17) is 31.1 Å². The second-order valence-corrected chi connectivity index (χ2v) is 7.07. The van der Waals surface area contributed by atoms with Crippen molar-refractivity contribution < 1.29 is 30.0 Å². The molecule has 0 aliphatic carbocycles. The van der Waals surface area contributed by atoms with Crippen molar-refractivity contribution in [3.63, 3.8) is 0 Å². The van der Waals surface area contributed by atoms with Gasteiger partial charge in [0.1, 0.15) is 5.82 Å². The maximum atomic E-state index is 9.77. The standard InChI is InChI=1S/C18H17N3.C4H6O6/c19-17-14-8-4-5-9-16(14)20-18-15(17)10-11-21(18)12-13-6-2-1-3-7-13;5-1(3(7)8)2(6)4(9)10/h1-9H,10-12H2,(H2,19,20);1-2,5-6H,(H,7,8)(H,9,10). The highest BCUT2D eigenvalue weighted by Crippen LogP contribution is 2.36. The minimum Gasteiger partial charge on any atom is -0.479 e. The van der Waals surface area contributed by atoms with Crippen molar-refractivity contribution in [1.82, 2.24) is 4.98 Å². The molecule has 9 nitrogen and oxygen atoms in total. The van der Waals surface area contributed by atoms with E-state index < -0.39 is 24.1 Å². The molecule has 4 rings (SSSR count). The van der Waals surface area contributed by atoms with Gasteiger partial charge >= 0.3 is 11.9 Å². The lowest BCUT2D eigenvalue weighted by Crippen LogP contribution is -2.39. The number of fused-ring (bicyclic) bond motifs is 2. The Balaban J connectivity index is 0.000000233. The Kier molecular flexibility index (Phi) is 6.68. The zero-order valence-corrected chi connectivity index (χ0v) is 16.5. The summed E-state index contributed by atoms with van der Waals surface area (Å²) < 4.78 is 0. The van der Waals surface area contributed by atoms with E-state index in [0.717, 1.165) is 41.9 Å². The third-order valence-electron chi connectivity index (χ3n) is 4.97. The summed E-state index contributed by atoms with van der Waals surface area (Å²) in [7, 11) is 0. The van der Waals surface area contributed by atoms with E-state index >= 15 is 0 Å². The Hall–Kier alpha value is -3.69.